The highest BCUT2D eigenvalue weighted by molar-refractivity contribution is 7.89. The highest BCUT2D eigenvalue weighted by Gasteiger charge is 2.28. The van der Waals surface area contributed by atoms with Gasteiger partial charge in [0.1, 0.15) is 0 Å². The molecule has 2 heterocycles. The van der Waals surface area contributed by atoms with Crippen molar-refractivity contribution in [1.82, 2.24) is 9.21 Å². The quantitative estimate of drug-likeness (QED) is 0.826. The summed E-state index contributed by atoms with van der Waals surface area (Å²) in [5.41, 5.74) is 3.49. The molecule has 2 aliphatic rings. The minimum atomic E-state index is -3.45. The van der Waals surface area contributed by atoms with Crippen molar-refractivity contribution in [3.05, 3.63) is 65.2 Å². The maximum Gasteiger partial charge on any atom is 0.243 e. The molecule has 1 saturated heterocycles. The molecule has 2 aliphatic heterocycles. The van der Waals surface area contributed by atoms with Gasteiger partial charge in [0.25, 0.3) is 0 Å². The van der Waals surface area contributed by atoms with Gasteiger partial charge in [-0.1, -0.05) is 36.4 Å². The molecule has 0 atom stereocenters. The SMILES string of the molecule is O=S(=O)(c1ccc(CN2CCOCC2)cc1)N1CCc2ccccc2C1. The van der Waals surface area contributed by atoms with Crippen LogP contribution >= 0.6 is 0 Å². The zero-order valence-corrected chi connectivity index (χ0v) is 15.6. The molecule has 0 radical (unpaired) electrons. The lowest BCUT2D eigenvalue weighted by Crippen LogP contribution is -2.36. The molecular formula is C20H24N2O3S. The van der Waals surface area contributed by atoms with Crippen LogP contribution in [0.2, 0.25) is 0 Å². The summed E-state index contributed by atoms with van der Waals surface area (Å²) in [7, 11) is -3.45. The first-order valence-electron chi connectivity index (χ1n) is 9.09. The molecule has 6 heteroatoms. The average Bonchev–Trinajstić information content (AvgIpc) is 2.69. The molecule has 0 aliphatic carbocycles. The summed E-state index contributed by atoms with van der Waals surface area (Å²) in [6.07, 6.45) is 0.768. The molecule has 0 unspecified atom stereocenters. The molecule has 4 rings (SSSR count). The molecular weight excluding hydrogens is 348 g/mol. The van der Waals surface area contributed by atoms with Gasteiger partial charge in [0.2, 0.25) is 10.0 Å². The molecule has 0 saturated carbocycles. The van der Waals surface area contributed by atoms with Crippen molar-refractivity contribution < 1.29 is 13.2 Å². The van der Waals surface area contributed by atoms with E-state index in [1.165, 1.54) is 5.56 Å². The topological polar surface area (TPSA) is 49.9 Å². The number of sulfonamides is 1. The van der Waals surface area contributed by atoms with Crippen LogP contribution in [0.3, 0.4) is 0 Å². The summed E-state index contributed by atoms with van der Waals surface area (Å²) in [6, 6.07) is 15.4. The van der Waals surface area contributed by atoms with E-state index >= 15 is 0 Å². The Morgan fingerprint density at radius 2 is 1.58 bits per heavy atom. The number of hydrogen-bond acceptors (Lipinski definition) is 4. The van der Waals surface area contributed by atoms with Gasteiger partial charge in [-0.2, -0.15) is 4.31 Å². The van der Waals surface area contributed by atoms with Crippen LogP contribution in [0.4, 0.5) is 0 Å². The van der Waals surface area contributed by atoms with Crippen LogP contribution in [0.15, 0.2) is 53.4 Å². The van der Waals surface area contributed by atoms with Gasteiger partial charge < -0.3 is 4.74 Å². The molecule has 0 amide bonds. The molecule has 0 bridgehead atoms. The van der Waals surface area contributed by atoms with Crippen molar-refractivity contribution in [2.24, 2.45) is 0 Å². The number of nitrogens with zero attached hydrogens (tertiary/aromatic N) is 2. The van der Waals surface area contributed by atoms with Crippen molar-refractivity contribution in [3.8, 4) is 0 Å². The highest BCUT2D eigenvalue weighted by Crippen LogP contribution is 2.25. The van der Waals surface area contributed by atoms with E-state index in [1.54, 1.807) is 16.4 Å². The van der Waals surface area contributed by atoms with Crippen LogP contribution in [-0.4, -0.2) is 50.5 Å². The molecule has 5 nitrogen and oxygen atoms in total. The molecule has 1 fully saturated rings. The molecule has 0 aromatic heterocycles. The zero-order chi connectivity index (χ0) is 18.0. The third-order valence-corrected chi connectivity index (χ3v) is 7.03. The van der Waals surface area contributed by atoms with Gasteiger partial charge in [0.15, 0.2) is 0 Å². The summed E-state index contributed by atoms with van der Waals surface area (Å²) in [5.74, 6) is 0. The lowest BCUT2D eigenvalue weighted by atomic mass is 10.0. The Hall–Kier alpha value is -1.73. The minimum absolute atomic E-state index is 0.377. The summed E-state index contributed by atoms with van der Waals surface area (Å²) in [5, 5.41) is 0. The second-order valence-electron chi connectivity index (χ2n) is 6.89. The largest absolute Gasteiger partial charge is 0.379 e. The van der Waals surface area contributed by atoms with Gasteiger partial charge >= 0.3 is 0 Å². The molecule has 138 valence electrons. The molecule has 0 N–H and O–H groups in total. The predicted molar refractivity (Wildman–Crippen MR) is 100 cm³/mol. The first-order valence-corrected chi connectivity index (χ1v) is 10.5. The lowest BCUT2D eigenvalue weighted by molar-refractivity contribution is 0.0342. The Morgan fingerprint density at radius 1 is 0.885 bits per heavy atom. The molecule has 0 spiro atoms. The summed E-state index contributed by atoms with van der Waals surface area (Å²) < 4.78 is 33.0. The van der Waals surface area contributed by atoms with Crippen LogP contribution in [0, 0.1) is 0 Å². The maximum absolute atomic E-state index is 13.0. The fourth-order valence-corrected chi connectivity index (χ4v) is 5.03. The van der Waals surface area contributed by atoms with E-state index in [-0.39, 0.29) is 0 Å². The fraction of sp³-hybridized carbons (Fsp3) is 0.400. The van der Waals surface area contributed by atoms with Crippen LogP contribution < -0.4 is 0 Å². The Balaban J connectivity index is 1.48. The predicted octanol–water partition coefficient (Wildman–Crippen LogP) is 2.27. The Bertz CT molecular complexity index is 859. The van der Waals surface area contributed by atoms with Gasteiger partial charge in [0.05, 0.1) is 18.1 Å². The molecule has 2 aromatic carbocycles. The van der Waals surface area contributed by atoms with Gasteiger partial charge in [-0.3, -0.25) is 4.90 Å². The van der Waals surface area contributed by atoms with Crippen LogP contribution in [0.1, 0.15) is 16.7 Å². The van der Waals surface area contributed by atoms with E-state index in [0.29, 0.717) is 18.0 Å². The number of morpholine rings is 1. The zero-order valence-electron chi connectivity index (χ0n) is 14.8. The van der Waals surface area contributed by atoms with Gasteiger partial charge in [-0.15, -0.1) is 0 Å². The van der Waals surface area contributed by atoms with E-state index in [2.05, 4.69) is 11.0 Å². The van der Waals surface area contributed by atoms with Crippen molar-refractivity contribution in [3.63, 3.8) is 0 Å². The van der Waals surface area contributed by atoms with Gasteiger partial charge in [-0.25, -0.2) is 8.42 Å². The number of hydrogen-bond donors (Lipinski definition) is 0. The second-order valence-corrected chi connectivity index (χ2v) is 8.83. The average molecular weight is 372 g/mol. The third kappa shape index (κ3) is 3.69. The van der Waals surface area contributed by atoms with Gasteiger partial charge in [-0.05, 0) is 35.2 Å². The van der Waals surface area contributed by atoms with Crippen molar-refractivity contribution in [1.29, 1.82) is 0 Å². The maximum atomic E-state index is 13.0. The van der Waals surface area contributed by atoms with Crippen molar-refractivity contribution >= 4 is 10.0 Å². The monoisotopic (exact) mass is 372 g/mol. The Labute approximate surface area is 155 Å². The lowest BCUT2D eigenvalue weighted by Gasteiger charge is -2.28. The van der Waals surface area contributed by atoms with E-state index in [4.69, 9.17) is 4.74 Å². The smallest absolute Gasteiger partial charge is 0.243 e. The highest BCUT2D eigenvalue weighted by atomic mass is 32.2. The number of rotatable bonds is 4. The Kier molecular flexibility index (Phi) is 5.09. The fourth-order valence-electron chi connectivity index (χ4n) is 3.61. The second kappa shape index (κ2) is 7.48. The number of ether oxygens (including phenoxy) is 1. The normalized spacial score (nSPS) is 19.2. The van der Waals surface area contributed by atoms with E-state index in [0.717, 1.165) is 50.4 Å². The Morgan fingerprint density at radius 3 is 2.31 bits per heavy atom. The van der Waals surface area contributed by atoms with E-state index in [9.17, 15) is 8.42 Å². The first kappa shape index (κ1) is 17.7. The minimum Gasteiger partial charge on any atom is -0.379 e. The van der Waals surface area contributed by atoms with Crippen molar-refractivity contribution in [2.75, 3.05) is 32.8 Å². The standard InChI is InChI=1S/C20H24N2O3S/c23-26(24,22-10-9-18-3-1-2-4-19(18)16-22)20-7-5-17(6-8-20)15-21-11-13-25-14-12-21/h1-8H,9-16H2. The van der Waals surface area contributed by atoms with Crippen LogP contribution in [0.5, 0.6) is 0 Å². The van der Waals surface area contributed by atoms with E-state index in [1.807, 2.05) is 30.3 Å². The summed E-state index contributed by atoms with van der Waals surface area (Å²) in [4.78, 5) is 2.71. The number of benzene rings is 2. The van der Waals surface area contributed by atoms with E-state index < -0.39 is 10.0 Å². The number of fused-ring (bicyclic) bond motifs is 1. The summed E-state index contributed by atoms with van der Waals surface area (Å²) in [6.45, 7) is 5.20. The van der Waals surface area contributed by atoms with Crippen molar-refractivity contribution in [2.45, 2.75) is 24.4 Å². The summed E-state index contributed by atoms with van der Waals surface area (Å²) >= 11 is 0. The van der Waals surface area contributed by atoms with Gasteiger partial charge in [0, 0.05) is 32.7 Å². The molecule has 2 aromatic rings. The third-order valence-electron chi connectivity index (χ3n) is 5.17. The van der Waals surface area contributed by atoms with Crippen LogP contribution in [-0.2, 0) is 34.3 Å². The van der Waals surface area contributed by atoms with Crippen LogP contribution in [0.25, 0.3) is 0 Å². The molecule has 26 heavy (non-hydrogen) atoms. The first-order chi connectivity index (χ1) is 12.6.